The van der Waals surface area contributed by atoms with Crippen LogP contribution in [0.3, 0.4) is 0 Å². The Labute approximate surface area is 168 Å². The number of rotatable bonds is 6. The van der Waals surface area contributed by atoms with Crippen molar-refractivity contribution in [3.8, 4) is 0 Å². The Bertz CT molecular complexity index is 888. The van der Waals surface area contributed by atoms with Crippen LogP contribution in [0.1, 0.15) is 18.1 Å². The predicted molar refractivity (Wildman–Crippen MR) is 105 cm³/mol. The Morgan fingerprint density at radius 1 is 1.14 bits per heavy atom. The summed E-state index contributed by atoms with van der Waals surface area (Å²) in [6, 6.07) is 15.5. The number of urea groups is 1. The average Bonchev–Trinajstić information content (AvgIpc) is 2.88. The zero-order valence-corrected chi connectivity index (χ0v) is 16.4. The number of carbonyl (C=O) groups excluding carboxylic acids is 3. The van der Waals surface area contributed by atoms with Crippen molar-refractivity contribution in [1.82, 2.24) is 20.7 Å². The lowest BCUT2D eigenvalue weighted by Gasteiger charge is -2.22. The van der Waals surface area contributed by atoms with E-state index in [-0.39, 0.29) is 6.54 Å². The fourth-order valence-corrected chi connectivity index (χ4v) is 3.20. The first kappa shape index (κ1) is 19.9. The molecular weight excluding hydrogens is 380 g/mol. The number of benzene rings is 2. The van der Waals surface area contributed by atoms with Gasteiger partial charge < -0.3 is 5.32 Å². The third-order valence-corrected chi connectivity index (χ3v) is 4.81. The number of imide groups is 1. The molecule has 28 heavy (non-hydrogen) atoms. The molecule has 0 spiro atoms. The topological polar surface area (TPSA) is 81.8 Å². The van der Waals surface area contributed by atoms with E-state index in [1.807, 2.05) is 18.2 Å². The molecular formula is C20H21ClN4O3. The fraction of sp³-hybridized carbons (Fsp3) is 0.250. The van der Waals surface area contributed by atoms with Crippen LogP contribution >= 0.6 is 11.6 Å². The van der Waals surface area contributed by atoms with Crippen LogP contribution in [0.25, 0.3) is 0 Å². The van der Waals surface area contributed by atoms with Crippen molar-refractivity contribution in [2.75, 3.05) is 13.6 Å². The molecule has 146 valence electrons. The summed E-state index contributed by atoms with van der Waals surface area (Å²) < 4.78 is 0. The van der Waals surface area contributed by atoms with Crippen molar-refractivity contribution in [3.05, 3.63) is 70.7 Å². The van der Waals surface area contributed by atoms with Crippen LogP contribution in [0.5, 0.6) is 0 Å². The monoisotopic (exact) mass is 400 g/mol. The van der Waals surface area contributed by atoms with Crippen LogP contribution in [0, 0.1) is 0 Å². The quantitative estimate of drug-likeness (QED) is 0.729. The van der Waals surface area contributed by atoms with Crippen molar-refractivity contribution >= 4 is 29.4 Å². The van der Waals surface area contributed by atoms with Crippen molar-refractivity contribution in [2.24, 2.45) is 0 Å². The third-order valence-electron chi connectivity index (χ3n) is 4.56. The van der Waals surface area contributed by atoms with Crippen LogP contribution in [0.15, 0.2) is 54.6 Å². The van der Waals surface area contributed by atoms with Crippen LogP contribution in [0.2, 0.25) is 5.02 Å². The highest BCUT2D eigenvalue weighted by molar-refractivity contribution is 6.30. The van der Waals surface area contributed by atoms with Gasteiger partial charge in [0.1, 0.15) is 5.54 Å². The molecule has 2 aromatic rings. The number of hydrogen-bond acceptors (Lipinski definition) is 4. The zero-order valence-electron chi connectivity index (χ0n) is 15.6. The van der Waals surface area contributed by atoms with Crippen molar-refractivity contribution < 1.29 is 14.4 Å². The molecule has 1 atom stereocenters. The number of nitrogens with one attached hydrogen (secondary N) is 2. The number of carbonyl (C=O) groups is 3. The maximum absolute atomic E-state index is 12.8. The highest BCUT2D eigenvalue weighted by atomic mass is 35.5. The maximum Gasteiger partial charge on any atom is 0.344 e. The molecule has 1 heterocycles. The summed E-state index contributed by atoms with van der Waals surface area (Å²) in [6.45, 7) is 2.15. The van der Waals surface area contributed by atoms with Crippen LogP contribution in [-0.4, -0.2) is 41.3 Å². The Balaban J connectivity index is 1.61. The molecule has 1 aliphatic rings. The SMILES string of the molecule is CN(CC(=O)NN1C(=O)N[C@@](C)(c2ccccc2)C1=O)Cc1ccc(Cl)cc1. The van der Waals surface area contributed by atoms with Gasteiger partial charge in [-0.25, -0.2) is 4.79 Å². The molecule has 1 fully saturated rings. The Morgan fingerprint density at radius 3 is 2.43 bits per heavy atom. The summed E-state index contributed by atoms with van der Waals surface area (Å²) in [5, 5.41) is 4.03. The van der Waals surface area contributed by atoms with Crippen molar-refractivity contribution in [3.63, 3.8) is 0 Å². The largest absolute Gasteiger partial charge is 0.344 e. The summed E-state index contributed by atoms with van der Waals surface area (Å²) in [5.74, 6) is -0.991. The number of halogens is 1. The Hall–Kier alpha value is -2.90. The first-order chi connectivity index (χ1) is 13.3. The summed E-state index contributed by atoms with van der Waals surface area (Å²) >= 11 is 5.87. The predicted octanol–water partition coefficient (Wildman–Crippen LogP) is 2.27. The number of likely N-dealkylation sites (N-methyl/N-ethyl adjacent to an activating group) is 1. The van der Waals surface area contributed by atoms with E-state index in [2.05, 4.69) is 10.7 Å². The van der Waals surface area contributed by atoms with Gasteiger partial charge in [0, 0.05) is 11.6 Å². The highest BCUT2D eigenvalue weighted by Crippen LogP contribution is 2.27. The zero-order chi connectivity index (χ0) is 20.3. The van der Waals surface area contributed by atoms with Crippen molar-refractivity contribution in [1.29, 1.82) is 0 Å². The molecule has 0 aliphatic carbocycles. The summed E-state index contributed by atoms with van der Waals surface area (Å²) in [4.78, 5) is 39.2. The smallest absolute Gasteiger partial charge is 0.318 e. The van der Waals surface area contributed by atoms with Gasteiger partial charge in [0.2, 0.25) is 0 Å². The fourth-order valence-electron chi connectivity index (χ4n) is 3.07. The van der Waals surface area contributed by atoms with Crippen LogP contribution in [0.4, 0.5) is 4.79 Å². The van der Waals surface area contributed by atoms with E-state index in [0.29, 0.717) is 17.1 Å². The van der Waals surface area contributed by atoms with Gasteiger partial charge in [-0.15, -0.1) is 0 Å². The molecule has 8 heteroatoms. The lowest BCUT2D eigenvalue weighted by atomic mass is 9.92. The van der Waals surface area contributed by atoms with E-state index < -0.39 is 23.4 Å². The second kappa shape index (κ2) is 8.00. The minimum absolute atomic E-state index is 0.0156. The molecule has 4 amide bonds. The van der Waals surface area contributed by atoms with E-state index in [1.165, 1.54) is 0 Å². The number of amides is 4. The Kier molecular flexibility index (Phi) is 5.67. The lowest BCUT2D eigenvalue weighted by Crippen LogP contribution is -2.50. The number of nitrogens with zero attached hydrogens (tertiary/aromatic N) is 2. The van der Waals surface area contributed by atoms with Gasteiger partial charge in [0.25, 0.3) is 11.8 Å². The van der Waals surface area contributed by atoms with Gasteiger partial charge in [0.15, 0.2) is 0 Å². The standard InChI is InChI=1S/C20H21ClN4O3/c1-20(15-6-4-3-5-7-15)18(27)25(19(28)22-20)23-17(26)13-24(2)12-14-8-10-16(21)11-9-14/h3-11H,12-13H2,1-2H3,(H,22,28)(H,23,26)/t20-/m0/s1. The highest BCUT2D eigenvalue weighted by Gasteiger charge is 2.49. The average molecular weight is 401 g/mol. The van der Waals surface area contributed by atoms with E-state index in [9.17, 15) is 14.4 Å². The lowest BCUT2D eigenvalue weighted by molar-refractivity contribution is -0.139. The van der Waals surface area contributed by atoms with E-state index in [1.54, 1.807) is 55.3 Å². The molecule has 7 nitrogen and oxygen atoms in total. The van der Waals surface area contributed by atoms with Gasteiger partial charge in [-0.2, -0.15) is 5.01 Å². The first-order valence-electron chi connectivity index (χ1n) is 8.74. The second-order valence-corrected chi connectivity index (χ2v) is 7.33. The molecule has 3 rings (SSSR count). The first-order valence-corrected chi connectivity index (χ1v) is 9.12. The van der Waals surface area contributed by atoms with Gasteiger partial charge >= 0.3 is 6.03 Å². The van der Waals surface area contributed by atoms with Gasteiger partial charge in [0.05, 0.1) is 6.54 Å². The van der Waals surface area contributed by atoms with Gasteiger partial charge in [-0.3, -0.25) is 19.9 Å². The van der Waals surface area contributed by atoms with Gasteiger partial charge in [-0.05, 0) is 37.2 Å². The molecule has 0 unspecified atom stereocenters. The summed E-state index contributed by atoms with van der Waals surface area (Å²) in [7, 11) is 1.77. The molecule has 2 N–H and O–H groups in total. The molecule has 0 bridgehead atoms. The van der Waals surface area contributed by atoms with E-state index >= 15 is 0 Å². The molecule has 1 saturated heterocycles. The Morgan fingerprint density at radius 2 is 1.79 bits per heavy atom. The number of hydrazine groups is 1. The molecule has 2 aromatic carbocycles. The molecule has 0 aromatic heterocycles. The number of hydrogen-bond donors (Lipinski definition) is 2. The molecule has 0 radical (unpaired) electrons. The van der Waals surface area contributed by atoms with Crippen LogP contribution in [-0.2, 0) is 21.7 Å². The van der Waals surface area contributed by atoms with Crippen molar-refractivity contribution in [2.45, 2.75) is 19.0 Å². The second-order valence-electron chi connectivity index (χ2n) is 6.90. The maximum atomic E-state index is 12.8. The minimum atomic E-state index is -1.22. The third kappa shape index (κ3) is 4.16. The molecule has 1 aliphatic heterocycles. The van der Waals surface area contributed by atoms with E-state index in [4.69, 9.17) is 11.6 Å². The minimum Gasteiger partial charge on any atom is -0.318 e. The normalized spacial score (nSPS) is 19.1. The molecule has 0 saturated carbocycles. The van der Waals surface area contributed by atoms with Gasteiger partial charge in [-0.1, -0.05) is 54.1 Å². The van der Waals surface area contributed by atoms with E-state index in [0.717, 1.165) is 10.6 Å². The summed E-state index contributed by atoms with van der Waals surface area (Å²) in [6.07, 6.45) is 0. The summed E-state index contributed by atoms with van der Waals surface area (Å²) in [5.41, 5.74) is 2.81. The van der Waals surface area contributed by atoms with Crippen LogP contribution < -0.4 is 10.7 Å².